The molecule has 12 heavy (non-hydrogen) atoms. The molecule has 0 bridgehead atoms. The lowest BCUT2D eigenvalue weighted by Crippen LogP contribution is -2.00. The van der Waals surface area contributed by atoms with Crippen LogP contribution in [0.3, 0.4) is 0 Å². The number of ketones is 1. The average molecular weight is 180 g/mol. The molecule has 0 spiro atoms. The molecule has 1 nitrogen and oxygen atoms in total. The molecule has 1 aromatic rings. The van der Waals surface area contributed by atoms with Crippen LogP contribution in [-0.2, 0) is 0 Å². The van der Waals surface area contributed by atoms with Crippen molar-refractivity contribution in [3.63, 3.8) is 0 Å². The van der Waals surface area contributed by atoms with Crippen molar-refractivity contribution in [3.8, 4) is 0 Å². The molecule has 0 radical (unpaired) electrons. The van der Waals surface area contributed by atoms with E-state index in [2.05, 4.69) is 6.92 Å². The lowest BCUT2D eigenvalue weighted by molar-refractivity contribution is 0.0967. The van der Waals surface area contributed by atoms with Gasteiger partial charge in [-0.05, 0) is 32.8 Å². The zero-order valence-corrected chi connectivity index (χ0v) is 8.20. The Morgan fingerprint density at radius 1 is 1.50 bits per heavy atom. The SMILES string of the molecule is Cc1cc(C(=O)C2CC2)c(C)s1. The largest absolute Gasteiger partial charge is 0.294 e. The predicted molar refractivity (Wildman–Crippen MR) is 50.8 cm³/mol. The number of Topliss-reactive ketones (excluding diaryl/α,β-unsaturated/α-hetero) is 1. The maximum Gasteiger partial charge on any atom is 0.167 e. The summed E-state index contributed by atoms with van der Waals surface area (Å²) in [4.78, 5) is 14.1. The average Bonchev–Trinajstić information content (AvgIpc) is 2.77. The summed E-state index contributed by atoms with van der Waals surface area (Å²) in [5.74, 6) is 0.731. The van der Waals surface area contributed by atoms with E-state index >= 15 is 0 Å². The molecule has 64 valence electrons. The Morgan fingerprint density at radius 2 is 2.17 bits per heavy atom. The summed E-state index contributed by atoms with van der Waals surface area (Å²) < 4.78 is 0. The molecule has 1 saturated carbocycles. The van der Waals surface area contributed by atoms with Crippen LogP contribution in [0.15, 0.2) is 6.07 Å². The maximum atomic E-state index is 11.6. The fourth-order valence-corrected chi connectivity index (χ4v) is 2.37. The first-order valence-electron chi connectivity index (χ1n) is 4.29. The van der Waals surface area contributed by atoms with E-state index in [9.17, 15) is 4.79 Å². The van der Waals surface area contributed by atoms with E-state index in [1.807, 2.05) is 13.0 Å². The van der Waals surface area contributed by atoms with Crippen LogP contribution < -0.4 is 0 Å². The van der Waals surface area contributed by atoms with E-state index in [4.69, 9.17) is 0 Å². The first-order valence-corrected chi connectivity index (χ1v) is 5.11. The zero-order valence-electron chi connectivity index (χ0n) is 7.39. The van der Waals surface area contributed by atoms with Gasteiger partial charge in [0, 0.05) is 21.2 Å². The summed E-state index contributed by atoms with van der Waals surface area (Å²) in [6.45, 7) is 4.09. The molecule has 0 saturated heterocycles. The first-order chi connectivity index (χ1) is 5.68. The van der Waals surface area contributed by atoms with Crippen LogP contribution in [-0.4, -0.2) is 5.78 Å². The van der Waals surface area contributed by atoms with Crippen molar-refractivity contribution in [1.82, 2.24) is 0 Å². The van der Waals surface area contributed by atoms with Crippen LogP contribution in [0.1, 0.15) is 33.0 Å². The fraction of sp³-hybridized carbons (Fsp3) is 0.500. The molecule has 1 fully saturated rings. The molecule has 0 unspecified atom stereocenters. The topological polar surface area (TPSA) is 17.1 Å². The third-order valence-electron chi connectivity index (χ3n) is 2.25. The molecule has 1 heterocycles. The summed E-state index contributed by atoms with van der Waals surface area (Å²) in [6, 6.07) is 2.03. The molecular weight excluding hydrogens is 168 g/mol. The Bertz CT molecular complexity index is 321. The summed E-state index contributed by atoms with van der Waals surface area (Å²) in [5, 5.41) is 0. The highest BCUT2D eigenvalue weighted by molar-refractivity contribution is 7.12. The van der Waals surface area contributed by atoms with Gasteiger partial charge in [-0.25, -0.2) is 0 Å². The second-order valence-electron chi connectivity index (χ2n) is 3.47. The van der Waals surface area contributed by atoms with Gasteiger partial charge in [0.2, 0.25) is 0 Å². The van der Waals surface area contributed by atoms with Crippen LogP contribution >= 0.6 is 11.3 Å². The monoisotopic (exact) mass is 180 g/mol. The van der Waals surface area contributed by atoms with Gasteiger partial charge in [-0.15, -0.1) is 11.3 Å². The van der Waals surface area contributed by atoms with Crippen molar-refractivity contribution in [2.75, 3.05) is 0 Å². The van der Waals surface area contributed by atoms with Crippen molar-refractivity contribution in [1.29, 1.82) is 0 Å². The minimum Gasteiger partial charge on any atom is -0.294 e. The quantitative estimate of drug-likeness (QED) is 0.639. The predicted octanol–water partition coefficient (Wildman–Crippen LogP) is 2.96. The molecule has 0 aromatic carbocycles. The third-order valence-corrected chi connectivity index (χ3v) is 3.22. The molecule has 0 atom stereocenters. The second-order valence-corrected chi connectivity index (χ2v) is 4.93. The lowest BCUT2D eigenvalue weighted by Gasteiger charge is -1.94. The van der Waals surface area contributed by atoms with Crippen molar-refractivity contribution >= 4 is 17.1 Å². The number of thiophene rings is 1. The van der Waals surface area contributed by atoms with Crippen LogP contribution in [0.25, 0.3) is 0 Å². The Morgan fingerprint density at radius 3 is 2.58 bits per heavy atom. The molecule has 1 aliphatic rings. The Kier molecular flexibility index (Phi) is 1.80. The van der Waals surface area contributed by atoms with E-state index < -0.39 is 0 Å². The van der Waals surface area contributed by atoms with Gasteiger partial charge in [0.1, 0.15) is 0 Å². The first kappa shape index (κ1) is 7.99. The number of hydrogen-bond donors (Lipinski definition) is 0. The lowest BCUT2D eigenvalue weighted by atomic mass is 10.1. The van der Waals surface area contributed by atoms with Crippen molar-refractivity contribution < 1.29 is 4.79 Å². The molecule has 1 aromatic heterocycles. The number of hydrogen-bond acceptors (Lipinski definition) is 2. The number of carbonyl (C=O) groups is 1. The minimum absolute atomic E-state index is 0.359. The van der Waals surface area contributed by atoms with E-state index in [1.54, 1.807) is 11.3 Å². The van der Waals surface area contributed by atoms with Crippen molar-refractivity contribution in [2.45, 2.75) is 26.7 Å². The number of rotatable bonds is 2. The van der Waals surface area contributed by atoms with Crippen molar-refractivity contribution in [2.24, 2.45) is 5.92 Å². The molecular formula is C10H12OS. The second kappa shape index (κ2) is 2.70. The standard InChI is InChI=1S/C10H12OS/c1-6-5-9(7(2)12-6)10(11)8-3-4-8/h5,8H,3-4H2,1-2H3. The molecule has 2 rings (SSSR count). The van der Waals surface area contributed by atoms with Gasteiger partial charge in [0.25, 0.3) is 0 Å². The fourth-order valence-electron chi connectivity index (χ4n) is 1.44. The van der Waals surface area contributed by atoms with Crippen LogP contribution in [0.2, 0.25) is 0 Å². The zero-order chi connectivity index (χ0) is 8.72. The normalized spacial score (nSPS) is 16.5. The van der Waals surface area contributed by atoms with E-state index in [0.717, 1.165) is 18.4 Å². The van der Waals surface area contributed by atoms with Gasteiger partial charge in [-0.2, -0.15) is 0 Å². The van der Waals surface area contributed by atoms with Crippen LogP contribution in [0.4, 0.5) is 0 Å². The Labute approximate surface area is 76.4 Å². The van der Waals surface area contributed by atoms with E-state index in [-0.39, 0.29) is 0 Å². The summed E-state index contributed by atoms with van der Waals surface area (Å²) >= 11 is 1.72. The third kappa shape index (κ3) is 1.31. The van der Waals surface area contributed by atoms with Gasteiger partial charge in [0.05, 0.1) is 0 Å². The van der Waals surface area contributed by atoms with Gasteiger partial charge in [-0.3, -0.25) is 4.79 Å². The summed E-state index contributed by atoms with van der Waals surface area (Å²) in [7, 11) is 0. The van der Waals surface area contributed by atoms with Gasteiger partial charge in [0.15, 0.2) is 5.78 Å². The van der Waals surface area contributed by atoms with Crippen molar-refractivity contribution in [3.05, 3.63) is 21.4 Å². The summed E-state index contributed by atoms with van der Waals surface area (Å²) in [6.07, 6.45) is 2.21. The molecule has 0 N–H and O–H groups in total. The van der Waals surface area contributed by atoms with Crippen LogP contribution in [0.5, 0.6) is 0 Å². The van der Waals surface area contributed by atoms with E-state index in [1.165, 1.54) is 9.75 Å². The van der Waals surface area contributed by atoms with Crippen LogP contribution in [0, 0.1) is 19.8 Å². The Hall–Kier alpha value is -0.630. The molecule has 0 aliphatic heterocycles. The summed E-state index contributed by atoms with van der Waals surface area (Å²) in [5.41, 5.74) is 0.972. The minimum atomic E-state index is 0.359. The molecule has 0 amide bonds. The highest BCUT2D eigenvalue weighted by Crippen LogP contribution is 2.35. The Balaban J connectivity index is 2.31. The highest BCUT2D eigenvalue weighted by Gasteiger charge is 2.31. The van der Waals surface area contributed by atoms with Gasteiger partial charge < -0.3 is 0 Å². The van der Waals surface area contributed by atoms with E-state index in [0.29, 0.717) is 11.7 Å². The highest BCUT2D eigenvalue weighted by atomic mass is 32.1. The molecule has 2 heteroatoms. The number of carbonyl (C=O) groups excluding carboxylic acids is 1. The maximum absolute atomic E-state index is 11.6. The molecule has 1 aliphatic carbocycles. The smallest absolute Gasteiger partial charge is 0.167 e. The van der Waals surface area contributed by atoms with Gasteiger partial charge in [-0.1, -0.05) is 0 Å². The van der Waals surface area contributed by atoms with Gasteiger partial charge >= 0.3 is 0 Å². The number of aryl methyl sites for hydroxylation is 2.